The lowest BCUT2D eigenvalue weighted by Crippen LogP contribution is -1.96. The summed E-state index contributed by atoms with van der Waals surface area (Å²) in [6.45, 7) is 0. The molecule has 3 heteroatoms. The third kappa shape index (κ3) is 2.64. The molecule has 0 spiro atoms. The highest BCUT2D eigenvalue weighted by atomic mass is 14.8. The molecule has 0 bridgehead atoms. The Morgan fingerprint density at radius 1 is 0.533 bits per heavy atom. The number of para-hydroxylation sites is 2. The molecule has 2 heterocycles. The fourth-order valence-electron chi connectivity index (χ4n) is 4.10. The third-order valence-corrected chi connectivity index (χ3v) is 5.48. The van der Waals surface area contributed by atoms with Gasteiger partial charge in [-0.15, -0.1) is 0 Å². The summed E-state index contributed by atoms with van der Waals surface area (Å²) in [5, 5.41) is 3.35. The Hall–Kier alpha value is -4.11. The molecule has 30 heavy (non-hydrogen) atoms. The summed E-state index contributed by atoms with van der Waals surface area (Å²) in [6.07, 6.45) is 1.85. The lowest BCUT2D eigenvalue weighted by molar-refractivity contribution is 1.30. The minimum absolute atomic E-state index is 0.891. The van der Waals surface area contributed by atoms with Gasteiger partial charge in [-0.1, -0.05) is 72.8 Å². The molecule has 0 aliphatic carbocycles. The van der Waals surface area contributed by atoms with E-state index in [0.29, 0.717) is 0 Å². The lowest BCUT2D eigenvalue weighted by Gasteiger charge is -2.14. The molecule has 0 N–H and O–H groups in total. The average molecular weight is 383 g/mol. The number of fused-ring (bicyclic) bond motifs is 4. The van der Waals surface area contributed by atoms with Crippen LogP contribution in [0.5, 0.6) is 0 Å². The maximum Gasteiger partial charge on any atom is 0.0979 e. The van der Waals surface area contributed by atoms with Gasteiger partial charge in [0.2, 0.25) is 0 Å². The van der Waals surface area contributed by atoms with Gasteiger partial charge >= 0.3 is 0 Å². The van der Waals surface area contributed by atoms with Gasteiger partial charge in [0.05, 0.1) is 27.9 Å². The monoisotopic (exact) mass is 383 g/mol. The number of hydrogen-bond donors (Lipinski definition) is 0. The van der Waals surface area contributed by atoms with E-state index in [9.17, 15) is 0 Å². The molecule has 0 saturated heterocycles. The number of rotatable bonds is 2. The van der Waals surface area contributed by atoms with Gasteiger partial charge in [0.1, 0.15) is 0 Å². The first-order chi connectivity index (χ1) is 14.9. The van der Waals surface area contributed by atoms with Crippen molar-refractivity contribution in [1.29, 1.82) is 0 Å². The maximum atomic E-state index is 5.10. The number of pyridine rings is 1. The van der Waals surface area contributed by atoms with Crippen molar-refractivity contribution in [1.82, 2.24) is 15.0 Å². The van der Waals surface area contributed by atoms with Crippen molar-refractivity contribution in [3.8, 4) is 22.5 Å². The Morgan fingerprint density at radius 3 is 2.00 bits per heavy atom. The number of hydrogen-bond acceptors (Lipinski definition) is 3. The van der Waals surface area contributed by atoms with Gasteiger partial charge in [-0.05, 0) is 29.7 Å². The summed E-state index contributed by atoms with van der Waals surface area (Å²) in [5.41, 5.74) is 6.70. The van der Waals surface area contributed by atoms with Gasteiger partial charge < -0.3 is 0 Å². The Balaban J connectivity index is 1.77. The molecule has 0 saturated carbocycles. The van der Waals surface area contributed by atoms with Gasteiger partial charge in [0.25, 0.3) is 0 Å². The molecule has 140 valence electrons. The average Bonchev–Trinajstić information content (AvgIpc) is 2.83. The van der Waals surface area contributed by atoms with Crippen LogP contribution in [-0.2, 0) is 0 Å². The van der Waals surface area contributed by atoms with Crippen LogP contribution in [-0.4, -0.2) is 15.0 Å². The Bertz CT molecular complexity index is 1540. The van der Waals surface area contributed by atoms with Gasteiger partial charge in [0, 0.05) is 28.1 Å². The van der Waals surface area contributed by atoms with Crippen LogP contribution in [0.25, 0.3) is 55.2 Å². The lowest BCUT2D eigenvalue weighted by atomic mass is 9.95. The molecule has 6 rings (SSSR count). The highest BCUT2D eigenvalue weighted by Gasteiger charge is 2.17. The second kappa shape index (κ2) is 6.75. The first kappa shape index (κ1) is 16.8. The first-order valence-corrected chi connectivity index (χ1v) is 9.97. The molecule has 0 atom stereocenters. The molecule has 0 radical (unpaired) electrons. The Labute approximate surface area is 173 Å². The minimum Gasteiger partial charge on any atom is -0.256 e. The summed E-state index contributed by atoms with van der Waals surface area (Å²) in [4.78, 5) is 14.8. The molecule has 3 nitrogen and oxygen atoms in total. The molecule has 6 aromatic rings. The van der Waals surface area contributed by atoms with Crippen LogP contribution in [0.15, 0.2) is 103 Å². The van der Waals surface area contributed by atoms with E-state index < -0.39 is 0 Å². The van der Waals surface area contributed by atoms with Crippen molar-refractivity contribution in [3.63, 3.8) is 0 Å². The van der Waals surface area contributed by atoms with Crippen LogP contribution in [0.4, 0.5) is 0 Å². The Kier molecular flexibility index (Phi) is 3.78. The van der Waals surface area contributed by atoms with Crippen LogP contribution < -0.4 is 0 Å². The van der Waals surface area contributed by atoms with E-state index in [1.807, 2.05) is 54.7 Å². The van der Waals surface area contributed by atoms with Gasteiger partial charge in [-0.2, -0.15) is 0 Å². The van der Waals surface area contributed by atoms with Crippen LogP contribution in [0.1, 0.15) is 0 Å². The first-order valence-electron chi connectivity index (χ1n) is 9.97. The molecular weight excluding hydrogens is 366 g/mol. The van der Waals surface area contributed by atoms with Crippen LogP contribution in [0.3, 0.4) is 0 Å². The highest BCUT2D eigenvalue weighted by Crippen LogP contribution is 2.37. The van der Waals surface area contributed by atoms with Crippen LogP contribution in [0.2, 0.25) is 0 Å². The van der Waals surface area contributed by atoms with Crippen molar-refractivity contribution in [2.45, 2.75) is 0 Å². The smallest absolute Gasteiger partial charge is 0.0979 e. The molecule has 0 amide bonds. The highest BCUT2D eigenvalue weighted by molar-refractivity contribution is 6.12. The summed E-state index contributed by atoms with van der Waals surface area (Å²) in [7, 11) is 0. The zero-order valence-electron chi connectivity index (χ0n) is 16.2. The largest absolute Gasteiger partial charge is 0.256 e. The van der Waals surface area contributed by atoms with Crippen molar-refractivity contribution in [3.05, 3.63) is 103 Å². The van der Waals surface area contributed by atoms with E-state index >= 15 is 0 Å². The molecule has 0 aliphatic rings. The van der Waals surface area contributed by atoms with Crippen molar-refractivity contribution in [2.24, 2.45) is 0 Å². The molecular formula is C27H17N3. The normalized spacial score (nSPS) is 11.3. The summed E-state index contributed by atoms with van der Waals surface area (Å²) in [5.74, 6) is 0. The standard InChI is InChI=1S/C27H17N3/c1-2-9-18(10-3-1)26-27(30-24-15-7-6-14-23(24)29-26)22-17-19-11-8-16-28-25(19)21-13-5-4-12-20(21)22/h1-17H. The Morgan fingerprint density at radius 2 is 1.20 bits per heavy atom. The fourth-order valence-corrected chi connectivity index (χ4v) is 4.10. The van der Waals surface area contributed by atoms with Crippen LogP contribution in [0, 0.1) is 0 Å². The molecule has 0 fully saturated rings. The molecule has 2 aromatic heterocycles. The summed E-state index contributed by atoms with van der Waals surface area (Å²) in [6, 6.07) is 33.0. The van der Waals surface area contributed by atoms with Crippen molar-refractivity contribution < 1.29 is 0 Å². The summed E-state index contributed by atoms with van der Waals surface area (Å²) >= 11 is 0. The van der Waals surface area contributed by atoms with Crippen LogP contribution >= 0.6 is 0 Å². The number of nitrogens with zero attached hydrogens (tertiary/aromatic N) is 3. The number of benzene rings is 4. The van der Waals surface area contributed by atoms with Crippen molar-refractivity contribution in [2.75, 3.05) is 0 Å². The van der Waals surface area contributed by atoms with E-state index in [-0.39, 0.29) is 0 Å². The zero-order valence-corrected chi connectivity index (χ0v) is 16.2. The molecule has 0 aliphatic heterocycles. The fraction of sp³-hybridized carbons (Fsp3) is 0. The molecule has 0 unspecified atom stereocenters. The molecule has 4 aromatic carbocycles. The quantitative estimate of drug-likeness (QED) is 0.314. The second-order valence-electron chi connectivity index (χ2n) is 7.32. The minimum atomic E-state index is 0.891. The second-order valence-corrected chi connectivity index (χ2v) is 7.32. The van der Waals surface area contributed by atoms with E-state index in [1.165, 1.54) is 0 Å². The summed E-state index contributed by atoms with van der Waals surface area (Å²) < 4.78 is 0. The SMILES string of the molecule is c1ccc(-c2nc3ccccc3nc2-c2cc3cccnc3c3ccccc23)cc1. The van der Waals surface area contributed by atoms with Crippen molar-refractivity contribution >= 4 is 32.7 Å². The van der Waals surface area contributed by atoms with Gasteiger partial charge in [-0.3, -0.25) is 4.98 Å². The maximum absolute atomic E-state index is 5.10. The van der Waals surface area contributed by atoms with Gasteiger partial charge in [-0.25, -0.2) is 9.97 Å². The predicted octanol–water partition coefficient (Wildman–Crippen LogP) is 6.67. The van der Waals surface area contributed by atoms with E-state index in [0.717, 1.165) is 55.2 Å². The predicted molar refractivity (Wildman–Crippen MR) is 123 cm³/mol. The van der Waals surface area contributed by atoms with Gasteiger partial charge in [0.15, 0.2) is 0 Å². The number of aromatic nitrogens is 3. The van der Waals surface area contributed by atoms with E-state index in [1.54, 1.807) is 0 Å². The third-order valence-electron chi connectivity index (χ3n) is 5.48. The zero-order chi connectivity index (χ0) is 19.9. The topological polar surface area (TPSA) is 38.7 Å². The van der Waals surface area contributed by atoms with E-state index in [4.69, 9.17) is 9.97 Å². The van der Waals surface area contributed by atoms with E-state index in [2.05, 4.69) is 53.5 Å².